The molecule has 1 saturated carbocycles. The number of aromatic nitrogens is 1. The Labute approximate surface area is 121 Å². The summed E-state index contributed by atoms with van der Waals surface area (Å²) in [7, 11) is 0. The van der Waals surface area contributed by atoms with Gasteiger partial charge in [0.1, 0.15) is 11.7 Å². The topological polar surface area (TPSA) is 66.0 Å². The molecule has 1 fully saturated rings. The smallest absolute Gasteiger partial charge is 0.140 e. The first-order valence-electron chi connectivity index (χ1n) is 7.57. The van der Waals surface area contributed by atoms with Crippen molar-refractivity contribution in [1.82, 2.24) is 4.98 Å². The van der Waals surface area contributed by atoms with Gasteiger partial charge in [-0.3, -0.25) is 5.41 Å². The van der Waals surface area contributed by atoms with Gasteiger partial charge in [0, 0.05) is 18.3 Å². The third-order valence-electron chi connectivity index (χ3n) is 3.90. The van der Waals surface area contributed by atoms with E-state index in [9.17, 15) is 0 Å². The van der Waals surface area contributed by atoms with Crippen molar-refractivity contribution < 1.29 is 0 Å². The van der Waals surface area contributed by atoms with E-state index in [1.54, 1.807) is 0 Å². The molecule has 0 aliphatic heterocycles. The first kappa shape index (κ1) is 14.8. The number of amidine groups is 1. The van der Waals surface area contributed by atoms with Gasteiger partial charge in [-0.2, -0.15) is 0 Å². The fourth-order valence-corrected chi connectivity index (χ4v) is 2.99. The predicted octanol–water partition coefficient (Wildman–Crippen LogP) is 3.08. The zero-order valence-corrected chi connectivity index (χ0v) is 12.8. The number of pyridine rings is 1. The SMILES string of the molecule is Cc1ccc(C(=N)N)c(N(CC(C)C)C2CCCC2)n1. The van der Waals surface area contributed by atoms with Crippen molar-refractivity contribution in [3.63, 3.8) is 0 Å². The summed E-state index contributed by atoms with van der Waals surface area (Å²) in [5.41, 5.74) is 7.50. The minimum Gasteiger partial charge on any atom is -0.384 e. The van der Waals surface area contributed by atoms with Crippen LogP contribution in [-0.2, 0) is 0 Å². The normalized spacial score (nSPS) is 15.8. The third-order valence-corrected chi connectivity index (χ3v) is 3.90. The highest BCUT2D eigenvalue weighted by molar-refractivity contribution is 5.99. The lowest BCUT2D eigenvalue weighted by atomic mass is 10.1. The van der Waals surface area contributed by atoms with Gasteiger partial charge in [-0.25, -0.2) is 4.98 Å². The Morgan fingerprint density at radius 2 is 2.05 bits per heavy atom. The molecule has 3 N–H and O–H groups in total. The molecule has 0 aromatic carbocycles. The van der Waals surface area contributed by atoms with E-state index < -0.39 is 0 Å². The molecule has 1 aromatic heterocycles. The largest absolute Gasteiger partial charge is 0.384 e. The molecule has 4 nitrogen and oxygen atoms in total. The minimum absolute atomic E-state index is 0.110. The van der Waals surface area contributed by atoms with Crippen molar-refractivity contribution in [3.05, 3.63) is 23.4 Å². The molecule has 2 rings (SSSR count). The standard InChI is InChI=1S/C16H26N4/c1-11(2)10-20(13-6-4-5-7-13)16-14(15(17)18)9-8-12(3)19-16/h8-9,11,13H,4-7,10H2,1-3H3,(H3,17,18). The second-order valence-corrected chi connectivity index (χ2v) is 6.22. The van der Waals surface area contributed by atoms with Gasteiger partial charge >= 0.3 is 0 Å². The summed E-state index contributed by atoms with van der Waals surface area (Å²) in [4.78, 5) is 7.09. The quantitative estimate of drug-likeness (QED) is 0.640. The van der Waals surface area contributed by atoms with Gasteiger partial charge in [0.15, 0.2) is 0 Å². The van der Waals surface area contributed by atoms with Crippen LogP contribution in [-0.4, -0.2) is 23.4 Å². The van der Waals surface area contributed by atoms with Crippen LogP contribution in [0.4, 0.5) is 5.82 Å². The molecular formula is C16H26N4. The highest BCUT2D eigenvalue weighted by Gasteiger charge is 2.26. The summed E-state index contributed by atoms with van der Waals surface area (Å²) in [6.45, 7) is 7.42. The van der Waals surface area contributed by atoms with E-state index in [4.69, 9.17) is 16.1 Å². The first-order valence-corrected chi connectivity index (χ1v) is 7.57. The molecule has 1 aliphatic carbocycles. The summed E-state index contributed by atoms with van der Waals surface area (Å²) < 4.78 is 0. The number of nitrogen functional groups attached to an aromatic ring is 1. The Balaban J connectivity index is 2.40. The van der Waals surface area contributed by atoms with Gasteiger partial charge in [0.05, 0.1) is 5.56 Å². The molecule has 0 atom stereocenters. The lowest BCUT2D eigenvalue weighted by Gasteiger charge is -2.33. The molecule has 1 aromatic rings. The Bertz CT molecular complexity index is 475. The van der Waals surface area contributed by atoms with Crippen molar-refractivity contribution in [2.75, 3.05) is 11.4 Å². The molecule has 1 heterocycles. The van der Waals surface area contributed by atoms with Crippen LogP contribution in [0.15, 0.2) is 12.1 Å². The molecule has 4 heteroatoms. The molecule has 0 saturated heterocycles. The van der Waals surface area contributed by atoms with Crippen LogP contribution < -0.4 is 10.6 Å². The summed E-state index contributed by atoms with van der Waals surface area (Å²) in [5.74, 6) is 1.58. The van der Waals surface area contributed by atoms with Crippen molar-refractivity contribution in [2.24, 2.45) is 11.7 Å². The minimum atomic E-state index is 0.110. The molecular weight excluding hydrogens is 248 g/mol. The molecule has 20 heavy (non-hydrogen) atoms. The number of nitrogens with zero attached hydrogens (tertiary/aromatic N) is 2. The van der Waals surface area contributed by atoms with Gasteiger partial charge in [0.2, 0.25) is 0 Å². The summed E-state index contributed by atoms with van der Waals surface area (Å²) >= 11 is 0. The predicted molar refractivity (Wildman–Crippen MR) is 84.4 cm³/mol. The van der Waals surface area contributed by atoms with Gasteiger partial charge in [-0.1, -0.05) is 26.7 Å². The first-order chi connectivity index (χ1) is 9.49. The summed E-state index contributed by atoms with van der Waals surface area (Å²) in [6, 6.07) is 4.41. The average Bonchev–Trinajstić information content (AvgIpc) is 2.88. The molecule has 0 bridgehead atoms. The number of hydrogen-bond acceptors (Lipinski definition) is 3. The maximum Gasteiger partial charge on any atom is 0.140 e. The second kappa shape index (κ2) is 6.25. The maximum absolute atomic E-state index is 7.80. The van der Waals surface area contributed by atoms with Gasteiger partial charge in [-0.15, -0.1) is 0 Å². The molecule has 1 aliphatic rings. The van der Waals surface area contributed by atoms with E-state index in [2.05, 4.69) is 18.7 Å². The van der Waals surface area contributed by atoms with E-state index in [0.29, 0.717) is 12.0 Å². The van der Waals surface area contributed by atoms with Crippen LogP contribution in [0.3, 0.4) is 0 Å². The number of nitrogens with two attached hydrogens (primary N) is 1. The van der Waals surface area contributed by atoms with Gasteiger partial charge in [-0.05, 0) is 37.8 Å². The highest BCUT2D eigenvalue weighted by atomic mass is 15.2. The zero-order valence-electron chi connectivity index (χ0n) is 12.8. The van der Waals surface area contributed by atoms with Crippen LogP contribution >= 0.6 is 0 Å². The summed E-state index contributed by atoms with van der Waals surface area (Å²) in [6.07, 6.45) is 5.03. The fraction of sp³-hybridized carbons (Fsp3) is 0.625. The van der Waals surface area contributed by atoms with Gasteiger partial charge < -0.3 is 10.6 Å². The van der Waals surface area contributed by atoms with Gasteiger partial charge in [0.25, 0.3) is 0 Å². The average molecular weight is 274 g/mol. The van der Waals surface area contributed by atoms with E-state index in [-0.39, 0.29) is 5.84 Å². The number of rotatable bonds is 5. The number of hydrogen-bond donors (Lipinski definition) is 2. The molecule has 0 spiro atoms. The number of nitrogens with one attached hydrogen (secondary N) is 1. The van der Waals surface area contributed by atoms with Crippen LogP contribution in [0.1, 0.15) is 50.8 Å². The molecule has 0 unspecified atom stereocenters. The number of aryl methyl sites for hydroxylation is 1. The summed E-state index contributed by atoms with van der Waals surface area (Å²) in [5, 5.41) is 7.80. The second-order valence-electron chi connectivity index (χ2n) is 6.22. The fourth-order valence-electron chi connectivity index (χ4n) is 2.99. The Hall–Kier alpha value is -1.58. The van der Waals surface area contributed by atoms with E-state index in [1.807, 2.05) is 19.1 Å². The highest BCUT2D eigenvalue weighted by Crippen LogP contribution is 2.30. The third kappa shape index (κ3) is 3.30. The van der Waals surface area contributed by atoms with E-state index in [0.717, 1.165) is 23.6 Å². The Morgan fingerprint density at radius 1 is 1.40 bits per heavy atom. The molecule has 110 valence electrons. The van der Waals surface area contributed by atoms with Crippen molar-refractivity contribution >= 4 is 11.7 Å². The number of anilines is 1. The van der Waals surface area contributed by atoms with E-state index in [1.165, 1.54) is 25.7 Å². The van der Waals surface area contributed by atoms with Crippen LogP contribution in [0.25, 0.3) is 0 Å². The monoisotopic (exact) mass is 274 g/mol. The van der Waals surface area contributed by atoms with Crippen molar-refractivity contribution in [1.29, 1.82) is 5.41 Å². The van der Waals surface area contributed by atoms with Crippen LogP contribution in [0.5, 0.6) is 0 Å². The van der Waals surface area contributed by atoms with E-state index >= 15 is 0 Å². The van der Waals surface area contributed by atoms with Crippen LogP contribution in [0.2, 0.25) is 0 Å². The molecule has 0 amide bonds. The van der Waals surface area contributed by atoms with Crippen molar-refractivity contribution in [3.8, 4) is 0 Å². The lowest BCUT2D eigenvalue weighted by Crippen LogP contribution is -2.38. The zero-order chi connectivity index (χ0) is 14.7. The maximum atomic E-state index is 7.80. The molecule has 0 radical (unpaired) electrons. The Morgan fingerprint density at radius 3 is 2.60 bits per heavy atom. The van der Waals surface area contributed by atoms with Crippen LogP contribution in [0, 0.1) is 18.3 Å². The Kier molecular flexibility index (Phi) is 4.63. The van der Waals surface area contributed by atoms with Crippen molar-refractivity contribution in [2.45, 2.75) is 52.5 Å². The lowest BCUT2D eigenvalue weighted by molar-refractivity contribution is 0.530.